The number of aromatic amines is 1. The molecule has 0 aliphatic rings. The van der Waals surface area contributed by atoms with Crippen LogP contribution in [0.3, 0.4) is 0 Å². The molecule has 5 rings (SSSR count). The van der Waals surface area contributed by atoms with Crippen LogP contribution in [0, 0.1) is 0 Å². The normalized spacial score (nSPS) is 12.2. The Kier molecular flexibility index (Phi) is 5.04. The molecule has 0 saturated carbocycles. The molecule has 5 aromatic rings. The number of amides is 1. The molecule has 0 spiro atoms. The molecule has 1 atom stereocenters. The molecule has 3 aromatic carbocycles. The second kappa shape index (κ2) is 8.02. The van der Waals surface area contributed by atoms with Gasteiger partial charge in [0.05, 0.1) is 22.0 Å². The number of nitrogens with one attached hydrogen (secondary N) is 2. The first-order valence-electron chi connectivity index (χ1n) is 10.3. The number of hydrogen-bond acceptors (Lipinski definition) is 2. The summed E-state index contributed by atoms with van der Waals surface area (Å²) < 4.78 is 1.62. The number of aromatic nitrogens is 2. The van der Waals surface area contributed by atoms with Crippen LogP contribution in [0.4, 0.5) is 0 Å². The standard InChI is InChI=1S/C26H20ClN3O2/c1-16(29-25(31)20-15-28-22-13-6-5-11-19(20)22)23-14-17-8-7-12-21(27)24(17)26(32)30(23)18-9-3-2-4-10-18/h2-16,28H,1H3,(H,29,31). The Morgan fingerprint density at radius 1 is 1.00 bits per heavy atom. The molecular weight excluding hydrogens is 422 g/mol. The average molecular weight is 442 g/mol. The van der Waals surface area contributed by atoms with E-state index >= 15 is 0 Å². The van der Waals surface area contributed by atoms with E-state index in [0.717, 1.165) is 16.3 Å². The summed E-state index contributed by atoms with van der Waals surface area (Å²) in [7, 11) is 0. The lowest BCUT2D eigenvalue weighted by molar-refractivity contribution is 0.0940. The number of H-pyrrole nitrogens is 1. The second-order valence-electron chi connectivity index (χ2n) is 7.69. The minimum atomic E-state index is -0.438. The predicted molar refractivity (Wildman–Crippen MR) is 129 cm³/mol. The molecule has 0 aliphatic carbocycles. The second-order valence-corrected chi connectivity index (χ2v) is 8.10. The molecule has 1 amide bonds. The highest BCUT2D eigenvalue weighted by Crippen LogP contribution is 2.26. The van der Waals surface area contributed by atoms with Gasteiger partial charge >= 0.3 is 0 Å². The number of carbonyl (C=O) groups is 1. The fourth-order valence-corrected chi connectivity index (χ4v) is 4.37. The van der Waals surface area contributed by atoms with Gasteiger partial charge in [-0.05, 0) is 42.6 Å². The minimum absolute atomic E-state index is 0.215. The molecule has 0 radical (unpaired) electrons. The van der Waals surface area contributed by atoms with Crippen molar-refractivity contribution in [2.24, 2.45) is 0 Å². The van der Waals surface area contributed by atoms with E-state index in [2.05, 4.69) is 10.3 Å². The van der Waals surface area contributed by atoms with E-state index in [0.29, 0.717) is 27.4 Å². The molecule has 0 aliphatic heterocycles. The summed E-state index contributed by atoms with van der Waals surface area (Å²) in [6.07, 6.45) is 1.71. The monoisotopic (exact) mass is 441 g/mol. The Balaban J connectivity index is 1.62. The Labute approximate surface area is 189 Å². The van der Waals surface area contributed by atoms with Gasteiger partial charge in [0.1, 0.15) is 0 Å². The topological polar surface area (TPSA) is 66.9 Å². The summed E-state index contributed by atoms with van der Waals surface area (Å²) in [5, 5.41) is 5.50. The van der Waals surface area contributed by atoms with Crippen LogP contribution < -0.4 is 10.9 Å². The van der Waals surface area contributed by atoms with Crippen molar-refractivity contribution in [3.05, 3.63) is 112 Å². The Bertz CT molecular complexity index is 1520. The molecule has 2 aromatic heterocycles. The van der Waals surface area contributed by atoms with Crippen LogP contribution in [0.25, 0.3) is 27.4 Å². The lowest BCUT2D eigenvalue weighted by atomic mass is 10.1. The van der Waals surface area contributed by atoms with Gasteiger partial charge in [-0.15, -0.1) is 0 Å². The van der Waals surface area contributed by atoms with E-state index in [9.17, 15) is 9.59 Å². The van der Waals surface area contributed by atoms with E-state index in [1.165, 1.54) is 0 Å². The number of pyridine rings is 1. The van der Waals surface area contributed by atoms with Crippen LogP contribution in [0.5, 0.6) is 0 Å². The van der Waals surface area contributed by atoms with Gasteiger partial charge in [0.2, 0.25) is 0 Å². The molecule has 32 heavy (non-hydrogen) atoms. The van der Waals surface area contributed by atoms with Crippen molar-refractivity contribution in [1.29, 1.82) is 0 Å². The van der Waals surface area contributed by atoms with E-state index < -0.39 is 6.04 Å². The minimum Gasteiger partial charge on any atom is -0.360 e. The van der Waals surface area contributed by atoms with Gasteiger partial charge in [0, 0.05) is 28.5 Å². The van der Waals surface area contributed by atoms with Crippen LogP contribution in [0.1, 0.15) is 29.0 Å². The van der Waals surface area contributed by atoms with Crippen molar-refractivity contribution in [3.8, 4) is 5.69 Å². The van der Waals surface area contributed by atoms with Gasteiger partial charge in [-0.25, -0.2) is 0 Å². The quantitative estimate of drug-likeness (QED) is 0.380. The van der Waals surface area contributed by atoms with Crippen LogP contribution >= 0.6 is 11.6 Å². The van der Waals surface area contributed by atoms with Gasteiger partial charge in [0.15, 0.2) is 0 Å². The third-order valence-electron chi connectivity index (χ3n) is 5.66. The molecule has 2 N–H and O–H groups in total. The molecular formula is C26H20ClN3O2. The van der Waals surface area contributed by atoms with Crippen LogP contribution in [0.15, 0.2) is 89.9 Å². The molecule has 5 nitrogen and oxygen atoms in total. The van der Waals surface area contributed by atoms with Gasteiger partial charge in [-0.3, -0.25) is 14.2 Å². The number of benzene rings is 3. The lowest BCUT2D eigenvalue weighted by Crippen LogP contribution is -2.32. The zero-order chi connectivity index (χ0) is 22.2. The highest BCUT2D eigenvalue weighted by molar-refractivity contribution is 6.35. The number of halogens is 1. The first-order chi connectivity index (χ1) is 15.5. The molecule has 6 heteroatoms. The summed E-state index contributed by atoms with van der Waals surface area (Å²) in [5.41, 5.74) is 2.62. The third kappa shape index (κ3) is 3.37. The van der Waals surface area contributed by atoms with Gasteiger partial charge < -0.3 is 10.3 Å². The van der Waals surface area contributed by atoms with Crippen LogP contribution in [-0.2, 0) is 0 Å². The highest BCUT2D eigenvalue weighted by Gasteiger charge is 2.20. The van der Waals surface area contributed by atoms with Crippen molar-refractivity contribution in [3.63, 3.8) is 0 Å². The maximum absolute atomic E-state index is 13.5. The summed E-state index contributed by atoms with van der Waals surface area (Å²) in [6, 6.07) is 23.9. The SMILES string of the molecule is CC(NC(=O)c1c[nH]c2ccccc12)c1cc2cccc(Cl)c2c(=O)n1-c1ccccc1. The highest BCUT2D eigenvalue weighted by atomic mass is 35.5. The molecule has 1 unspecified atom stereocenters. The summed E-state index contributed by atoms with van der Waals surface area (Å²) in [5.74, 6) is -0.215. The maximum Gasteiger partial charge on any atom is 0.264 e. The van der Waals surface area contributed by atoms with Crippen molar-refractivity contribution in [1.82, 2.24) is 14.9 Å². The number of rotatable bonds is 4. The summed E-state index contributed by atoms with van der Waals surface area (Å²) in [6.45, 7) is 1.87. The molecule has 0 fully saturated rings. The van der Waals surface area contributed by atoms with E-state index in [-0.39, 0.29) is 11.5 Å². The number of hydrogen-bond donors (Lipinski definition) is 2. The number of fused-ring (bicyclic) bond motifs is 2. The van der Waals surface area contributed by atoms with E-state index in [1.807, 2.05) is 79.7 Å². The third-order valence-corrected chi connectivity index (χ3v) is 5.98. The predicted octanol–water partition coefficient (Wildman–Crippen LogP) is 5.62. The largest absolute Gasteiger partial charge is 0.360 e. The fraction of sp³-hybridized carbons (Fsp3) is 0.0769. The molecule has 158 valence electrons. The van der Waals surface area contributed by atoms with Gasteiger partial charge in [-0.2, -0.15) is 0 Å². The van der Waals surface area contributed by atoms with Crippen LogP contribution in [0.2, 0.25) is 5.02 Å². The first kappa shape index (κ1) is 20.1. The fourth-order valence-electron chi connectivity index (χ4n) is 4.11. The van der Waals surface area contributed by atoms with Crippen molar-refractivity contribution in [2.45, 2.75) is 13.0 Å². The van der Waals surface area contributed by atoms with Gasteiger partial charge in [-0.1, -0.05) is 60.1 Å². The lowest BCUT2D eigenvalue weighted by Gasteiger charge is -2.21. The van der Waals surface area contributed by atoms with Crippen molar-refractivity contribution in [2.75, 3.05) is 0 Å². The van der Waals surface area contributed by atoms with E-state index in [1.54, 1.807) is 16.8 Å². The van der Waals surface area contributed by atoms with Crippen molar-refractivity contribution < 1.29 is 4.79 Å². The smallest absolute Gasteiger partial charge is 0.264 e. The average Bonchev–Trinajstić information content (AvgIpc) is 3.24. The van der Waals surface area contributed by atoms with Crippen molar-refractivity contribution >= 4 is 39.2 Å². The molecule has 2 heterocycles. The van der Waals surface area contributed by atoms with Gasteiger partial charge in [0.25, 0.3) is 11.5 Å². The number of nitrogens with zero attached hydrogens (tertiary/aromatic N) is 1. The Morgan fingerprint density at radius 2 is 1.75 bits per heavy atom. The molecule has 0 saturated heterocycles. The number of carbonyl (C=O) groups excluding carboxylic acids is 1. The number of para-hydroxylation sites is 2. The zero-order valence-corrected chi connectivity index (χ0v) is 18.1. The van der Waals surface area contributed by atoms with Crippen LogP contribution in [-0.4, -0.2) is 15.5 Å². The first-order valence-corrected chi connectivity index (χ1v) is 10.7. The van der Waals surface area contributed by atoms with E-state index in [4.69, 9.17) is 11.6 Å². The Hall–Kier alpha value is -3.83. The zero-order valence-electron chi connectivity index (χ0n) is 17.3. The summed E-state index contributed by atoms with van der Waals surface area (Å²) in [4.78, 5) is 29.8. The summed E-state index contributed by atoms with van der Waals surface area (Å²) >= 11 is 6.37. The molecule has 0 bridgehead atoms. The Morgan fingerprint density at radius 3 is 2.56 bits per heavy atom. The maximum atomic E-state index is 13.5.